The number of rotatable bonds is 6. The first kappa shape index (κ1) is 14.1. The van der Waals surface area contributed by atoms with E-state index in [-0.39, 0.29) is 0 Å². The minimum atomic E-state index is 0.705. The highest BCUT2D eigenvalue weighted by Gasteiger charge is 2.25. The summed E-state index contributed by atoms with van der Waals surface area (Å²) in [6.07, 6.45) is 12.2. The summed E-state index contributed by atoms with van der Waals surface area (Å²) in [5.41, 5.74) is 4.79. The molecule has 0 aromatic heterocycles. The van der Waals surface area contributed by atoms with Gasteiger partial charge >= 0.3 is 0 Å². The first-order valence-corrected chi connectivity index (χ1v) is 8.71. The molecule has 0 heterocycles. The van der Waals surface area contributed by atoms with Crippen molar-refractivity contribution in [2.24, 2.45) is 5.92 Å². The van der Waals surface area contributed by atoms with Crippen LogP contribution >= 0.6 is 0 Å². The molecule has 0 aliphatic heterocycles. The Morgan fingerprint density at radius 3 is 2.70 bits per heavy atom. The van der Waals surface area contributed by atoms with Crippen LogP contribution in [-0.4, -0.2) is 12.6 Å². The lowest BCUT2D eigenvalue weighted by Gasteiger charge is -2.25. The summed E-state index contributed by atoms with van der Waals surface area (Å²) >= 11 is 0. The molecule has 20 heavy (non-hydrogen) atoms. The topological polar surface area (TPSA) is 12.0 Å². The quantitative estimate of drug-likeness (QED) is 0.814. The van der Waals surface area contributed by atoms with Crippen LogP contribution in [0, 0.1) is 5.92 Å². The van der Waals surface area contributed by atoms with Gasteiger partial charge in [-0.2, -0.15) is 0 Å². The van der Waals surface area contributed by atoms with Gasteiger partial charge in [-0.3, -0.25) is 0 Å². The van der Waals surface area contributed by atoms with E-state index in [0.29, 0.717) is 6.04 Å². The van der Waals surface area contributed by atoms with Crippen LogP contribution in [0.4, 0.5) is 0 Å². The molecule has 1 heteroatoms. The number of nitrogens with one attached hydrogen (secondary N) is 1. The highest BCUT2D eigenvalue weighted by Crippen LogP contribution is 2.30. The minimum absolute atomic E-state index is 0.705. The maximum atomic E-state index is 3.83. The van der Waals surface area contributed by atoms with Crippen LogP contribution < -0.4 is 5.32 Å². The van der Waals surface area contributed by atoms with Crippen molar-refractivity contribution in [3.63, 3.8) is 0 Å². The smallest absolute Gasteiger partial charge is 0.0136 e. The fourth-order valence-electron chi connectivity index (χ4n) is 4.10. The largest absolute Gasteiger partial charge is 0.313 e. The number of fused-ring (bicyclic) bond motifs is 1. The fraction of sp³-hybridized carbons (Fsp3) is 0.684. The Kier molecular flexibility index (Phi) is 4.77. The van der Waals surface area contributed by atoms with Gasteiger partial charge in [-0.25, -0.2) is 0 Å². The highest BCUT2D eigenvalue weighted by molar-refractivity contribution is 5.35. The molecule has 0 amide bonds. The summed E-state index contributed by atoms with van der Waals surface area (Å²) in [5.74, 6) is 0.912. The van der Waals surface area contributed by atoms with Crippen molar-refractivity contribution in [2.45, 2.75) is 70.8 Å². The highest BCUT2D eigenvalue weighted by atomic mass is 14.9. The van der Waals surface area contributed by atoms with Crippen LogP contribution in [0.5, 0.6) is 0 Å². The molecule has 2 aliphatic rings. The van der Waals surface area contributed by atoms with E-state index in [0.717, 1.165) is 5.92 Å². The number of aryl methyl sites for hydroxylation is 2. The molecule has 0 saturated heterocycles. The van der Waals surface area contributed by atoms with Gasteiger partial charge in [0.05, 0.1) is 0 Å². The van der Waals surface area contributed by atoms with E-state index >= 15 is 0 Å². The van der Waals surface area contributed by atoms with E-state index in [2.05, 4.69) is 30.4 Å². The first-order valence-electron chi connectivity index (χ1n) is 8.71. The third kappa shape index (κ3) is 3.25. The Labute approximate surface area is 124 Å². The van der Waals surface area contributed by atoms with Gasteiger partial charge in [0, 0.05) is 6.04 Å². The number of hydrogen-bond donors (Lipinski definition) is 1. The predicted molar refractivity (Wildman–Crippen MR) is 86.2 cm³/mol. The SMILES string of the molecule is CCCNC(Cc1ccc2c(c1)CCC2)C1CCCC1. The van der Waals surface area contributed by atoms with Gasteiger partial charge < -0.3 is 5.32 Å². The van der Waals surface area contributed by atoms with Gasteiger partial charge in [0.1, 0.15) is 0 Å². The minimum Gasteiger partial charge on any atom is -0.313 e. The van der Waals surface area contributed by atoms with Crippen LogP contribution in [0.15, 0.2) is 18.2 Å². The van der Waals surface area contributed by atoms with Crippen molar-refractivity contribution in [3.8, 4) is 0 Å². The lowest BCUT2D eigenvalue weighted by Crippen LogP contribution is -2.37. The van der Waals surface area contributed by atoms with E-state index in [1.54, 1.807) is 16.7 Å². The molecule has 0 bridgehead atoms. The Morgan fingerprint density at radius 2 is 1.90 bits per heavy atom. The third-order valence-electron chi connectivity index (χ3n) is 5.24. The van der Waals surface area contributed by atoms with Crippen LogP contribution in [0.2, 0.25) is 0 Å². The van der Waals surface area contributed by atoms with Crippen LogP contribution in [0.25, 0.3) is 0 Å². The zero-order chi connectivity index (χ0) is 13.8. The summed E-state index contributed by atoms with van der Waals surface area (Å²) in [4.78, 5) is 0. The van der Waals surface area contributed by atoms with Crippen LogP contribution in [0.3, 0.4) is 0 Å². The molecule has 3 rings (SSSR count). The van der Waals surface area contributed by atoms with Crippen molar-refractivity contribution in [1.82, 2.24) is 5.32 Å². The van der Waals surface area contributed by atoms with Gasteiger partial charge in [0.2, 0.25) is 0 Å². The van der Waals surface area contributed by atoms with E-state index in [4.69, 9.17) is 0 Å². The summed E-state index contributed by atoms with van der Waals surface area (Å²) < 4.78 is 0. The zero-order valence-electron chi connectivity index (χ0n) is 13.0. The molecule has 0 spiro atoms. The average molecular weight is 271 g/mol. The second-order valence-electron chi connectivity index (χ2n) is 6.77. The molecule has 1 saturated carbocycles. The Bertz CT molecular complexity index is 431. The molecule has 1 N–H and O–H groups in total. The lowest BCUT2D eigenvalue weighted by molar-refractivity contribution is 0.356. The molecule has 1 aromatic rings. The number of benzene rings is 1. The summed E-state index contributed by atoms with van der Waals surface area (Å²) in [6.45, 7) is 3.44. The zero-order valence-corrected chi connectivity index (χ0v) is 13.0. The maximum absolute atomic E-state index is 3.83. The molecule has 1 unspecified atom stereocenters. The Morgan fingerprint density at radius 1 is 1.10 bits per heavy atom. The maximum Gasteiger partial charge on any atom is 0.0136 e. The van der Waals surface area contributed by atoms with E-state index < -0.39 is 0 Å². The van der Waals surface area contributed by atoms with E-state index in [9.17, 15) is 0 Å². The van der Waals surface area contributed by atoms with Gasteiger partial charge in [-0.1, -0.05) is 38.0 Å². The fourth-order valence-corrected chi connectivity index (χ4v) is 4.10. The second-order valence-corrected chi connectivity index (χ2v) is 6.77. The number of hydrogen-bond acceptors (Lipinski definition) is 1. The summed E-state index contributed by atoms with van der Waals surface area (Å²) in [6, 6.07) is 7.98. The van der Waals surface area contributed by atoms with Crippen molar-refractivity contribution in [2.75, 3.05) is 6.54 Å². The Hall–Kier alpha value is -0.820. The predicted octanol–water partition coefficient (Wildman–Crippen LogP) is 4.28. The molecule has 1 nitrogen and oxygen atoms in total. The van der Waals surface area contributed by atoms with Crippen molar-refractivity contribution < 1.29 is 0 Å². The van der Waals surface area contributed by atoms with E-state index in [1.165, 1.54) is 64.3 Å². The molecule has 2 aliphatic carbocycles. The molecular formula is C19H29N. The average Bonchev–Trinajstić information content (AvgIpc) is 3.13. The van der Waals surface area contributed by atoms with Gasteiger partial charge in [-0.05, 0) is 74.1 Å². The van der Waals surface area contributed by atoms with Crippen molar-refractivity contribution in [3.05, 3.63) is 34.9 Å². The molecule has 1 fully saturated rings. The molecule has 0 radical (unpaired) electrons. The van der Waals surface area contributed by atoms with E-state index in [1.807, 2.05) is 0 Å². The first-order chi connectivity index (χ1) is 9.86. The Balaban J connectivity index is 1.68. The lowest BCUT2D eigenvalue weighted by atomic mass is 9.91. The normalized spacial score (nSPS) is 20.2. The third-order valence-corrected chi connectivity index (χ3v) is 5.24. The van der Waals surface area contributed by atoms with Crippen molar-refractivity contribution >= 4 is 0 Å². The molecular weight excluding hydrogens is 242 g/mol. The van der Waals surface area contributed by atoms with Gasteiger partial charge in [-0.15, -0.1) is 0 Å². The summed E-state index contributed by atoms with van der Waals surface area (Å²) in [5, 5.41) is 3.83. The van der Waals surface area contributed by atoms with Crippen LogP contribution in [0.1, 0.15) is 62.1 Å². The molecule has 1 aromatic carbocycles. The monoisotopic (exact) mass is 271 g/mol. The summed E-state index contributed by atoms with van der Waals surface area (Å²) in [7, 11) is 0. The van der Waals surface area contributed by atoms with Gasteiger partial charge in [0.15, 0.2) is 0 Å². The standard InChI is InChI=1S/C19H29N/c1-2-12-20-19(17-6-3-4-7-17)14-15-10-11-16-8-5-9-18(16)13-15/h10-11,13,17,19-20H,2-9,12,14H2,1H3. The van der Waals surface area contributed by atoms with Gasteiger partial charge in [0.25, 0.3) is 0 Å². The molecule has 1 atom stereocenters. The van der Waals surface area contributed by atoms with Crippen molar-refractivity contribution in [1.29, 1.82) is 0 Å². The van der Waals surface area contributed by atoms with Crippen LogP contribution in [-0.2, 0) is 19.3 Å². The second kappa shape index (κ2) is 6.76. The molecule has 110 valence electrons.